The van der Waals surface area contributed by atoms with Gasteiger partial charge in [-0.1, -0.05) is 0 Å². The minimum atomic E-state index is -3.53. The Labute approximate surface area is 110 Å². The third-order valence-corrected chi connectivity index (χ3v) is 8.92. The molecule has 0 unspecified atom stereocenters. The van der Waals surface area contributed by atoms with Gasteiger partial charge in [-0.15, -0.1) is 0 Å². The van der Waals surface area contributed by atoms with Crippen LogP contribution in [0.3, 0.4) is 0 Å². The molecule has 102 valence electrons. The van der Waals surface area contributed by atoms with Gasteiger partial charge in [0.2, 0.25) is 0 Å². The van der Waals surface area contributed by atoms with Gasteiger partial charge in [0.15, 0.2) is 0 Å². The summed E-state index contributed by atoms with van der Waals surface area (Å²) in [7, 11) is -6.66. The van der Waals surface area contributed by atoms with Gasteiger partial charge >= 0.3 is 95.7 Å². The molecule has 0 aliphatic rings. The monoisotopic (exact) mass is 340 g/mol. The van der Waals surface area contributed by atoms with Gasteiger partial charge in [0.05, 0.1) is 0 Å². The molecule has 0 aromatic rings. The fourth-order valence-corrected chi connectivity index (χ4v) is 6.13. The van der Waals surface area contributed by atoms with Crippen LogP contribution in [0.15, 0.2) is 0 Å². The average Bonchev–Trinajstić information content (AvgIpc) is 2.14. The van der Waals surface area contributed by atoms with Gasteiger partial charge in [0.25, 0.3) is 0 Å². The van der Waals surface area contributed by atoms with Crippen molar-refractivity contribution in [3.05, 3.63) is 0 Å². The van der Waals surface area contributed by atoms with E-state index < -0.39 is 32.3 Å². The van der Waals surface area contributed by atoms with Gasteiger partial charge < -0.3 is 9.79 Å². The second-order valence-corrected chi connectivity index (χ2v) is 14.5. The summed E-state index contributed by atoms with van der Waals surface area (Å²) >= 11 is -1.67. The van der Waals surface area contributed by atoms with Crippen LogP contribution in [-0.2, 0) is 28.6 Å². The molecule has 0 aliphatic carbocycles. The van der Waals surface area contributed by atoms with E-state index in [-0.39, 0.29) is 0 Å². The Morgan fingerprint density at radius 1 is 1.06 bits per heavy atom. The van der Waals surface area contributed by atoms with E-state index in [0.717, 1.165) is 17.9 Å². The van der Waals surface area contributed by atoms with Crippen molar-refractivity contribution in [2.45, 2.75) is 50.5 Å². The normalized spacial score (nSPS) is 10.6. The van der Waals surface area contributed by atoms with Crippen molar-refractivity contribution in [1.29, 1.82) is 0 Å². The Kier molecular flexibility index (Phi) is 15.4. The predicted octanol–water partition coefficient (Wildman–Crippen LogP) is 2.01. The van der Waals surface area contributed by atoms with E-state index in [2.05, 4.69) is 6.92 Å². The summed E-state index contributed by atoms with van der Waals surface area (Å²) in [6.07, 6.45) is 7.10. The molecule has 9 heteroatoms. The zero-order chi connectivity index (χ0) is 13.7. The van der Waals surface area contributed by atoms with Crippen LogP contribution >= 0.6 is 8.25 Å². The summed E-state index contributed by atoms with van der Waals surface area (Å²) in [5.41, 5.74) is 0. The summed E-state index contributed by atoms with van der Waals surface area (Å²) in [5.74, 6) is 0. The number of hydrogen-bond acceptors (Lipinski definition) is 3. The van der Waals surface area contributed by atoms with Crippen molar-refractivity contribution in [3.8, 4) is 0 Å². The Morgan fingerprint density at radius 3 is 1.88 bits per heavy atom. The fourth-order valence-electron chi connectivity index (χ4n) is 1.24. The molecule has 0 aromatic heterocycles. The third-order valence-electron chi connectivity index (χ3n) is 2.01. The summed E-state index contributed by atoms with van der Waals surface area (Å²) in [6.45, 7) is 2.17. The van der Waals surface area contributed by atoms with Gasteiger partial charge in [-0.25, -0.2) is 0 Å². The summed E-state index contributed by atoms with van der Waals surface area (Å²) < 4.78 is 38.1. The Hall–Kier alpha value is 0.683. The molecule has 3 N–H and O–H groups in total. The van der Waals surface area contributed by atoms with E-state index >= 15 is 0 Å². The second kappa shape index (κ2) is 13.1. The zero-order valence-electron chi connectivity index (χ0n) is 10.1. The van der Waals surface area contributed by atoms with E-state index in [0.29, 0.717) is 0 Å². The van der Waals surface area contributed by atoms with Crippen LogP contribution in [0.2, 0.25) is 5.02 Å². The zero-order valence-corrected chi connectivity index (χ0v) is 14.9. The predicted molar refractivity (Wildman–Crippen MR) is 63.2 cm³/mol. The van der Waals surface area contributed by atoms with E-state index in [1.54, 1.807) is 0 Å². The Balaban J connectivity index is 0. The Bertz CT molecular complexity index is 278. The van der Waals surface area contributed by atoms with Crippen molar-refractivity contribution >= 4 is 16.4 Å². The van der Waals surface area contributed by atoms with E-state index in [1.165, 1.54) is 25.7 Å². The first-order chi connectivity index (χ1) is 7.79. The molecule has 6 nitrogen and oxygen atoms in total. The average molecular weight is 342 g/mol. The molecule has 0 bridgehead atoms. The molecule has 0 radical (unpaired) electrons. The first-order valence-electron chi connectivity index (χ1n) is 5.66. The Morgan fingerprint density at radius 2 is 1.47 bits per heavy atom. The molecule has 0 heterocycles. The van der Waals surface area contributed by atoms with Crippen LogP contribution in [0.25, 0.3) is 0 Å². The number of hydrogen-bond donors (Lipinski definition) is 3. The first-order valence-corrected chi connectivity index (χ1v) is 14.3. The largest absolute Gasteiger partial charge is 0.326 e. The van der Waals surface area contributed by atoms with Gasteiger partial charge in [-0.3, -0.25) is 4.57 Å². The molecule has 0 saturated heterocycles. The van der Waals surface area contributed by atoms with Gasteiger partial charge in [-0.2, -0.15) is 0 Å². The van der Waals surface area contributed by atoms with Crippen molar-refractivity contribution < 1.29 is 43.2 Å². The van der Waals surface area contributed by atoms with E-state index in [1.807, 2.05) is 0 Å². The molecule has 0 fully saturated rings. The van der Waals surface area contributed by atoms with Crippen LogP contribution in [0.4, 0.5) is 0 Å². The molecule has 0 saturated carbocycles. The molecule has 17 heavy (non-hydrogen) atoms. The minimum Gasteiger partial charge on any atom is -0.326 e. The van der Waals surface area contributed by atoms with Crippen LogP contribution < -0.4 is 0 Å². The smallest absolute Gasteiger partial charge is 0.314 e. The molecule has 0 rings (SSSR count). The maximum Gasteiger partial charge on any atom is 0.314 e. The molecule has 0 aliphatic heterocycles. The second-order valence-electron chi connectivity index (χ2n) is 3.69. The molecule has 0 amide bonds. The minimum absolute atomic E-state index is 0.776. The topological polar surface area (TPSA) is 112 Å². The van der Waals surface area contributed by atoms with Crippen molar-refractivity contribution in [2.24, 2.45) is 0 Å². The third kappa shape index (κ3) is 31.5. The molecular weight excluding hydrogens is 321 g/mol. The first kappa shape index (κ1) is 20.0. The SMILES string of the molecule is CCCCCCC[CH2][Zn][S](=O)(=O)O.O=[PH](O)O. The molecular formula is C8H21O6PSZn. The summed E-state index contributed by atoms with van der Waals surface area (Å²) in [5, 5.41) is 0.776. The maximum atomic E-state index is 10.4. The number of unbranched alkanes of at least 4 members (excludes halogenated alkanes) is 5. The molecule has 0 aromatic carbocycles. The van der Waals surface area contributed by atoms with Gasteiger partial charge in [0.1, 0.15) is 0 Å². The van der Waals surface area contributed by atoms with Crippen LogP contribution in [-0.4, -0.2) is 22.8 Å². The van der Waals surface area contributed by atoms with Crippen LogP contribution in [0, 0.1) is 0 Å². The standard InChI is InChI=1S/C8H17.H3O3P.HO3S.Zn/c1-3-5-7-8-6-4-2;2*1-4(2)3;/h1,3-8H2,2H3;4H,(H2,1,2,3);(H,1,2,3);. The van der Waals surface area contributed by atoms with Crippen molar-refractivity contribution in [1.82, 2.24) is 0 Å². The molecule has 0 spiro atoms. The summed E-state index contributed by atoms with van der Waals surface area (Å²) in [4.78, 5) is 14.3. The van der Waals surface area contributed by atoms with Crippen LogP contribution in [0.5, 0.6) is 0 Å². The summed E-state index contributed by atoms with van der Waals surface area (Å²) in [6, 6.07) is 0. The van der Waals surface area contributed by atoms with Gasteiger partial charge in [0, 0.05) is 0 Å². The molecule has 0 atom stereocenters. The quantitative estimate of drug-likeness (QED) is 0.269. The number of rotatable bonds is 8. The van der Waals surface area contributed by atoms with Crippen molar-refractivity contribution in [3.63, 3.8) is 0 Å². The van der Waals surface area contributed by atoms with Gasteiger partial charge in [-0.05, 0) is 0 Å². The van der Waals surface area contributed by atoms with Crippen molar-refractivity contribution in [2.75, 3.05) is 0 Å². The fraction of sp³-hybridized carbons (Fsp3) is 1.00. The van der Waals surface area contributed by atoms with E-state index in [4.69, 9.17) is 18.9 Å². The maximum absolute atomic E-state index is 10.4. The van der Waals surface area contributed by atoms with E-state index in [9.17, 15) is 8.42 Å². The van der Waals surface area contributed by atoms with Crippen LogP contribution in [0.1, 0.15) is 45.4 Å².